The Morgan fingerprint density at radius 3 is 1.62 bits per heavy atom. The Morgan fingerprint density at radius 2 is 1.10 bits per heavy atom. The van der Waals surface area contributed by atoms with Crippen LogP contribution in [-0.2, 0) is 0 Å². The van der Waals surface area contributed by atoms with Crippen molar-refractivity contribution in [1.82, 2.24) is 0 Å². The third kappa shape index (κ3) is 2.78. The topological polar surface area (TPSA) is 0 Å². The molecule has 0 heterocycles. The summed E-state index contributed by atoms with van der Waals surface area (Å²) in [5, 5.41) is 2.54. The molecule has 0 aliphatic carbocycles. The number of benzene rings is 3. The zero-order chi connectivity index (χ0) is 14.7. The summed E-state index contributed by atoms with van der Waals surface area (Å²) in [6, 6.07) is 23.9. The Hall–Kier alpha value is -2.26. The molecule has 3 aromatic carbocycles. The quantitative estimate of drug-likeness (QED) is 0.514. The van der Waals surface area contributed by atoms with E-state index >= 15 is 0 Å². The van der Waals surface area contributed by atoms with E-state index in [-0.39, 0.29) is 0 Å². The van der Waals surface area contributed by atoms with Gasteiger partial charge in [0.25, 0.3) is 0 Å². The molecular weight excluding hydrogens is 282 g/mol. The predicted octanol–water partition coefficient (Wildman–Crippen LogP) is 2.48. The highest BCUT2D eigenvalue weighted by Gasteiger charge is 2.23. The van der Waals surface area contributed by atoms with E-state index in [2.05, 4.69) is 0 Å². The van der Waals surface area contributed by atoms with Crippen molar-refractivity contribution in [3.8, 4) is 0 Å². The lowest BCUT2D eigenvalue weighted by molar-refractivity contribution is 0.514. The van der Waals surface area contributed by atoms with Gasteiger partial charge in [-0.15, -0.1) is 0 Å². The number of hydrogen-bond acceptors (Lipinski definition) is 0. The van der Waals surface area contributed by atoms with Crippen LogP contribution >= 0.6 is 0 Å². The standard InChI is InChI=1S/C18H13F2Si/c19-16-12-7-13-17(18(16)20)21(14-8-3-1-4-9-14)15-10-5-2-6-11-15/h1-13H. The monoisotopic (exact) mass is 295 g/mol. The van der Waals surface area contributed by atoms with Crippen molar-refractivity contribution >= 4 is 24.4 Å². The van der Waals surface area contributed by atoms with Crippen LogP contribution in [0.25, 0.3) is 0 Å². The minimum atomic E-state index is -1.54. The minimum absolute atomic E-state index is 0.456. The average molecular weight is 295 g/mol. The summed E-state index contributed by atoms with van der Waals surface area (Å²) in [6.07, 6.45) is 0. The lowest BCUT2D eigenvalue weighted by Gasteiger charge is -2.17. The summed E-state index contributed by atoms with van der Waals surface area (Å²) in [7, 11) is -1.54. The molecule has 0 fully saturated rings. The molecule has 0 nitrogen and oxygen atoms in total. The third-order valence-electron chi connectivity index (χ3n) is 3.35. The molecule has 1 radical (unpaired) electrons. The van der Waals surface area contributed by atoms with Crippen molar-refractivity contribution in [2.45, 2.75) is 0 Å². The molecule has 0 saturated carbocycles. The summed E-state index contributed by atoms with van der Waals surface area (Å²) in [5.74, 6) is -1.53. The second-order valence-corrected chi connectivity index (χ2v) is 7.15. The largest absolute Gasteiger partial charge is 0.204 e. The van der Waals surface area contributed by atoms with Crippen LogP contribution < -0.4 is 15.6 Å². The molecular formula is C18H13F2Si. The molecule has 3 aromatic rings. The highest BCUT2D eigenvalue weighted by atomic mass is 28.3. The van der Waals surface area contributed by atoms with E-state index in [0.29, 0.717) is 5.19 Å². The summed E-state index contributed by atoms with van der Waals surface area (Å²) >= 11 is 0. The van der Waals surface area contributed by atoms with Crippen LogP contribution in [0.4, 0.5) is 8.78 Å². The van der Waals surface area contributed by atoms with Gasteiger partial charge in [-0.25, -0.2) is 8.78 Å². The minimum Gasteiger partial charge on any atom is -0.204 e. The zero-order valence-corrected chi connectivity index (χ0v) is 12.3. The van der Waals surface area contributed by atoms with Gasteiger partial charge >= 0.3 is 0 Å². The molecule has 3 heteroatoms. The fourth-order valence-electron chi connectivity index (χ4n) is 2.38. The first-order valence-corrected chi connectivity index (χ1v) is 8.19. The molecule has 0 aliphatic heterocycles. The van der Waals surface area contributed by atoms with E-state index in [0.717, 1.165) is 16.4 Å². The maximum Gasteiger partial charge on any atom is 0.158 e. The van der Waals surface area contributed by atoms with E-state index in [1.54, 1.807) is 12.1 Å². The average Bonchev–Trinajstić information content (AvgIpc) is 2.54. The number of halogens is 2. The molecule has 0 aromatic heterocycles. The van der Waals surface area contributed by atoms with Crippen molar-refractivity contribution < 1.29 is 8.78 Å². The molecule has 0 amide bonds. The van der Waals surface area contributed by atoms with Crippen molar-refractivity contribution in [2.75, 3.05) is 0 Å². The van der Waals surface area contributed by atoms with E-state index < -0.39 is 20.4 Å². The molecule has 0 atom stereocenters. The summed E-state index contributed by atoms with van der Waals surface area (Å²) in [5.41, 5.74) is 0. The van der Waals surface area contributed by atoms with Gasteiger partial charge in [-0.2, -0.15) is 0 Å². The molecule has 0 saturated heterocycles. The van der Waals surface area contributed by atoms with E-state index in [4.69, 9.17) is 0 Å². The Kier molecular flexibility index (Phi) is 3.93. The van der Waals surface area contributed by atoms with Crippen molar-refractivity contribution in [1.29, 1.82) is 0 Å². The van der Waals surface area contributed by atoms with Gasteiger partial charge in [0.05, 0.1) is 0 Å². The summed E-state index contributed by atoms with van der Waals surface area (Å²) in [6.45, 7) is 0. The smallest absolute Gasteiger partial charge is 0.158 e. The second-order valence-electron chi connectivity index (χ2n) is 4.71. The first-order chi connectivity index (χ1) is 10.3. The molecule has 0 bridgehead atoms. The van der Waals surface area contributed by atoms with Gasteiger partial charge in [0.1, 0.15) is 0 Å². The zero-order valence-electron chi connectivity index (χ0n) is 11.3. The maximum atomic E-state index is 14.3. The van der Waals surface area contributed by atoms with E-state index in [1.807, 2.05) is 60.7 Å². The normalized spacial score (nSPS) is 10.8. The predicted molar refractivity (Wildman–Crippen MR) is 83.9 cm³/mol. The van der Waals surface area contributed by atoms with Gasteiger partial charge < -0.3 is 0 Å². The van der Waals surface area contributed by atoms with Gasteiger partial charge in [-0.05, 0) is 11.3 Å². The second kappa shape index (κ2) is 6.02. The SMILES string of the molecule is Fc1cccc([Si](c2ccccc2)c2ccccc2)c1F. The van der Waals surface area contributed by atoms with Crippen LogP contribution in [-0.4, -0.2) is 8.80 Å². The molecule has 103 valence electrons. The number of hydrogen-bond donors (Lipinski definition) is 0. The van der Waals surface area contributed by atoms with Gasteiger partial charge in [0.15, 0.2) is 20.4 Å². The lowest BCUT2D eigenvalue weighted by Crippen LogP contribution is -2.53. The van der Waals surface area contributed by atoms with Gasteiger partial charge in [0, 0.05) is 0 Å². The highest BCUT2D eigenvalue weighted by molar-refractivity contribution is 6.95. The fourth-order valence-corrected chi connectivity index (χ4v) is 4.99. The van der Waals surface area contributed by atoms with Gasteiger partial charge in [-0.3, -0.25) is 0 Å². The molecule has 0 spiro atoms. The summed E-state index contributed by atoms with van der Waals surface area (Å²) < 4.78 is 27.9. The molecule has 0 aliphatic rings. The molecule has 0 N–H and O–H groups in total. The Bertz CT molecular complexity index is 687. The van der Waals surface area contributed by atoms with Crippen LogP contribution in [0.2, 0.25) is 0 Å². The maximum absolute atomic E-state index is 14.3. The van der Waals surface area contributed by atoms with E-state index in [1.165, 1.54) is 0 Å². The molecule has 21 heavy (non-hydrogen) atoms. The third-order valence-corrected chi connectivity index (χ3v) is 6.09. The Balaban J connectivity index is 2.20. The number of rotatable bonds is 3. The van der Waals surface area contributed by atoms with Crippen LogP contribution in [0.3, 0.4) is 0 Å². The van der Waals surface area contributed by atoms with Crippen molar-refractivity contribution in [3.63, 3.8) is 0 Å². The lowest BCUT2D eigenvalue weighted by atomic mass is 10.3. The molecule has 0 unspecified atom stereocenters. The van der Waals surface area contributed by atoms with Gasteiger partial charge in [0.2, 0.25) is 0 Å². The van der Waals surface area contributed by atoms with Crippen LogP contribution in [0.15, 0.2) is 78.9 Å². The van der Waals surface area contributed by atoms with Gasteiger partial charge in [-0.1, -0.05) is 83.2 Å². The first-order valence-electron chi connectivity index (χ1n) is 6.69. The van der Waals surface area contributed by atoms with E-state index in [9.17, 15) is 8.78 Å². The summed E-state index contributed by atoms with van der Waals surface area (Å²) in [4.78, 5) is 0. The highest BCUT2D eigenvalue weighted by Crippen LogP contribution is 2.04. The van der Waals surface area contributed by atoms with Crippen LogP contribution in [0.5, 0.6) is 0 Å². The van der Waals surface area contributed by atoms with Crippen LogP contribution in [0.1, 0.15) is 0 Å². The van der Waals surface area contributed by atoms with Crippen LogP contribution in [0, 0.1) is 11.6 Å². The first kappa shape index (κ1) is 13.7. The van der Waals surface area contributed by atoms with Crippen molar-refractivity contribution in [3.05, 3.63) is 90.5 Å². The Morgan fingerprint density at radius 1 is 0.571 bits per heavy atom. The molecule has 3 rings (SSSR count). The fraction of sp³-hybridized carbons (Fsp3) is 0. The van der Waals surface area contributed by atoms with Crippen molar-refractivity contribution in [2.24, 2.45) is 0 Å². The Labute approximate surface area is 124 Å².